The molecular weight excluding hydrogens is 399 g/mol. The van der Waals surface area contributed by atoms with Crippen molar-refractivity contribution in [2.24, 2.45) is 17.8 Å². The minimum atomic E-state index is -0.981. The summed E-state index contributed by atoms with van der Waals surface area (Å²) in [7, 11) is 1.42. The standard InChI is InChI=1S/C21H20ClFN2O4/c1-29-18-7-13(9-24-19(18)20(26)14-8-15(14)21(27)28)25(10-11-2-3-11)17-6-12(22)4-5-16(17)23/h4-7,9,11,14-15H,2-3,8,10H2,1H3,(H,27,28)/t14-,15-/m0/s1. The number of halogens is 2. The number of methoxy groups -OCH3 is 1. The van der Waals surface area contributed by atoms with Crippen LogP contribution in [-0.2, 0) is 4.79 Å². The Kier molecular flexibility index (Phi) is 5.17. The molecule has 8 heteroatoms. The van der Waals surface area contributed by atoms with E-state index >= 15 is 0 Å². The zero-order valence-corrected chi connectivity index (χ0v) is 16.5. The van der Waals surface area contributed by atoms with E-state index in [2.05, 4.69) is 4.98 Å². The Morgan fingerprint density at radius 1 is 1.31 bits per heavy atom. The summed E-state index contributed by atoms with van der Waals surface area (Å²) >= 11 is 6.08. The molecule has 29 heavy (non-hydrogen) atoms. The SMILES string of the molecule is COc1cc(N(CC2CC2)c2cc(Cl)ccc2F)cnc1C(=O)[C@H]1C[C@@H]1C(=O)O. The van der Waals surface area contributed by atoms with Crippen molar-refractivity contribution in [1.82, 2.24) is 4.98 Å². The number of hydrogen-bond donors (Lipinski definition) is 1. The van der Waals surface area contributed by atoms with E-state index in [-0.39, 0.29) is 17.2 Å². The molecule has 2 atom stereocenters. The highest BCUT2D eigenvalue weighted by Crippen LogP contribution is 2.43. The number of aromatic nitrogens is 1. The lowest BCUT2D eigenvalue weighted by molar-refractivity contribution is -0.138. The van der Waals surface area contributed by atoms with Crippen LogP contribution in [0.25, 0.3) is 0 Å². The number of ether oxygens (including phenoxy) is 1. The van der Waals surface area contributed by atoms with Crippen molar-refractivity contribution < 1.29 is 23.8 Å². The lowest BCUT2D eigenvalue weighted by Crippen LogP contribution is -2.22. The van der Waals surface area contributed by atoms with Crippen LogP contribution in [0.2, 0.25) is 5.02 Å². The maximum Gasteiger partial charge on any atom is 0.307 e. The van der Waals surface area contributed by atoms with Crippen LogP contribution in [0.15, 0.2) is 30.5 Å². The number of carboxylic acid groups (broad SMARTS) is 1. The van der Waals surface area contributed by atoms with Crippen molar-refractivity contribution in [1.29, 1.82) is 0 Å². The highest BCUT2D eigenvalue weighted by Gasteiger charge is 2.49. The maximum absolute atomic E-state index is 14.5. The summed E-state index contributed by atoms with van der Waals surface area (Å²) in [5.74, 6) is -2.28. The molecule has 0 amide bonds. The van der Waals surface area contributed by atoms with Crippen LogP contribution in [0.1, 0.15) is 29.8 Å². The summed E-state index contributed by atoms with van der Waals surface area (Å²) in [6.07, 6.45) is 3.94. The van der Waals surface area contributed by atoms with Gasteiger partial charge >= 0.3 is 5.97 Å². The summed E-state index contributed by atoms with van der Waals surface area (Å²) in [5, 5.41) is 9.49. The first-order valence-electron chi connectivity index (χ1n) is 9.42. The second kappa shape index (κ2) is 7.63. The average Bonchev–Trinajstić information content (AvgIpc) is 3.61. The van der Waals surface area contributed by atoms with Gasteiger partial charge in [-0.25, -0.2) is 9.37 Å². The molecule has 1 heterocycles. The number of carboxylic acids is 1. The normalized spacial score (nSPS) is 20.2. The van der Waals surface area contributed by atoms with Crippen LogP contribution < -0.4 is 9.64 Å². The van der Waals surface area contributed by atoms with Gasteiger partial charge < -0.3 is 14.7 Å². The molecule has 0 saturated heterocycles. The predicted octanol–water partition coefficient (Wildman–Crippen LogP) is 4.33. The minimum Gasteiger partial charge on any atom is -0.494 e. The molecule has 2 aliphatic carbocycles. The van der Waals surface area contributed by atoms with Crippen molar-refractivity contribution in [2.45, 2.75) is 19.3 Å². The molecule has 0 spiro atoms. The summed E-state index contributed by atoms with van der Waals surface area (Å²) in [6, 6.07) is 6.01. The number of ketones is 1. The van der Waals surface area contributed by atoms with E-state index in [1.54, 1.807) is 17.0 Å². The van der Waals surface area contributed by atoms with Crippen LogP contribution in [0.5, 0.6) is 5.75 Å². The molecule has 152 valence electrons. The zero-order valence-electron chi connectivity index (χ0n) is 15.8. The number of pyridine rings is 1. The topological polar surface area (TPSA) is 79.7 Å². The Morgan fingerprint density at radius 2 is 2.07 bits per heavy atom. The summed E-state index contributed by atoms with van der Waals surface area (Å²) in [6.45, 7) is 0.596. The van der Waals surface area contributed by atoms with Crippen molar-refractivity contribution in [3.05, 3.63) is 47.0 Å². The lowest BCUT2D eigenvalue weighted by atomic mass is 10.1. The number of carbonyl (C=O) groups is 2. The Hall–Kier alpha value is -2.67. The number of hydrogen-bond acceptors (Lipinski definition) is 5. The Labute approximate surface area is 172 Å². The second-order valence-corrected chi connectivity index (χ2v) is 7.98. The number of nitrogens with zero attached hydrogens (tertiary/aromatic N) is 2. The van der Waals surface area contributed by atoms with E-state index in [9.17, 15) is 14.0 Å². The monoisotopic (exact) mass is 418 g/mol. The number of aliphatic carboxylic acids is 1. The molecule has 0 radical (unpaired) electrons. The number of carbonyl (C=O) groups excluding carboxylic acids is 1. The van der Waals surface area contributed by atoms with Gasteiger partial charge in [0.1, 0.15) is 17.3 Å². The molecule has 2 saturated carbocycles. The first-order chi connectivity index (χ1) is 13.9. The molecular formula is C21H20ClFN2O4. The third kappa shape index (κ3) is 4.05. The largest absolute Gasteiger partial charge is 0.494 e. The molecule has 1 aromatic carbocycles. The number of rotatable bonds is 8. The van der Waals surface area contributed by atoms with Gasteiger partial charge in [0.25, 0.3) is 0 Å². The molecule has 2 fully saturated rings. The van der Waals surface area contributed by atoms with Gasteiger partial charge in [-0.2, -0.15) is 0 Å². The van der Waals surface area contributed by atoms with Gasteiger partial charge in [-0.1, -0.05) is 11.6 Å². The molecule has 1 aromatic heterocycles. The Balaban J connectivity index is 1.68. The minimum absolute atomic E-state index is 0.0999. The molecule has 2 aliphatic rings. The van der Waals surface area contributed by atoms with E-state index in [0.29, 0.717) is 35.3 Å². The van der Waals surface area contributed by atoms with Crippen LogP contribution >= 0.6 is 11.6 Å². The Morgan fingerprint density at radius 3 is 2.69 bits per heavy atom. The first-order valence-corrected chi connectivity index (χ1v) is 9.80. The van der Waals surface area contributed by atoms with Crippen LogP contribution in [-0.4, -0.2) is 35.5 Å². The van der Waals surface area contributed by atoms with Gasteiger partial charge in [-0.05, 0) is 43.4 Å². The van der Waals surface area contributed by atoms with Crippen molar-refractivity contribution >= 4 is 34.7 Å². The highest BCUT2D eigenvalue weighted by atomic mass is 35.5. The van der Waals surface area contributed by atoms with Gasteiger partial charge in [0.2, 0.25) is 0 Å². The van der Waals surface area contributed by atoms with Crippen LogP contribution in [0, 0.1) is 23.6 Å². The molecule has 0 unspecified atom stereocenters. The Bertz CT molecular complexity index is 979. The fraction of sp³-hybridized carbons (Fsp3) is 0.381. The fourth-order valence-corrected chi connectivity index (χ4v) is 3.62. The van der Waals surface area contributed by atoms with Gasteiger partial charge in [0.15, 0.2) is 5.78 Å². The molecule has 2 aromatic rings. The summed E-state index contributed by atoms with van der Waals surface area (Å²) in [5.41, 5.74) is 1.01. The van der Waals surface area contributed by atoms with Crippen LogP contribution in [0.3, 0.4) is 0 Å². The molecule has 0 aliphatic heterocycles. The molecule has 4 rings (SSSR count). The van der Waals surface area contributed by atoms with E-state index in [1.165, 1.54) is 25.4 Å². The third-order valence-electron chi connectivity index (χ3n) is 5.38. The van der Waals surface area contributed by atoms with E-state index in [0.717, 1.165) is 12.8 Å². The van der Waals surface area contributed by atoms with Crippen molar-refractivity contribution in [2.75, 3.05) is 18.6 Å². The fourth-order valence-electron chi connectivity index (χ4n) is 3.45. The average molecular weight is 419 g/mol. The van der Waals surface area contributed by atoms with Crippen molar-refractivity contribution in [3.8, 4) is 5.75 Å². The van der Waals surface area contributed by atoms with Gasteiger partial charge in [0.05, 0.1) is 30.6 Å². The predicted molar refractivity (Wildman–Crippen MR) is 105 cm³/mol. The molecule has 0 bridgehead atoms. The van der Waals surface area contributed by atoms with Crippen molar-refractivity contribution in [3.63, 3.8) is 0 Å². The number of Topliss-reactive ketones (excluding diaryl/α,β-unsaturated/α-hetero) is 1. The van der Waals surface area contributed by atoms with E-state index < -0.39 is 23.6 Å². The highest BCUT2D eigenvalue weighted by molar-refractivity contribution is 6.30. The van der Waals surface area contributed by atoms with Crippen LogP contribution in [0.4, 0.5) is 15.8 Å². The third-order valence-corrected chi connectivity index (χ3v) is 5.62. The number of anilines is 2. The molecule has 6 nitrogen and oxygen atoms in total. The maximum atomic E-state index is 14.5. The summed E-state index contributed by atoms with van der Waals surface area (Å²) in [4.78, 5) is 29.8. The van der Waals surface area contributed by atoms with Gasteiger partial charge in [-0.15, -0.1) is 0 Å². The number of benzene rings is 1. The lowest BCUT2D eigenvalue weighted by Gasteiger charge is -2.26. The smallest absolute Gasteiger partial charge is 0.307 e. The van der Waals surface area contributed by atoms with E-state index in [1.807, 2.05) is 0 Å². The van der Waals surface area contributed by atoms with Gasteiger partial charge in [-0.3, -0.25) is 9.59 Å². The van der Waals surface area contributed by atoms with Gasteiger partial charge in [0, 0.05) is 23.6 Å². The quantitative estimate of drug-likeness (QED) is 0.642. The van der Waals surface area contributed by atoms with E-state index in [4.69, 9.17) is 21.4 Å². The molecule has 1 N–H and O–H groups in total. The first kappa shape index (κ1) is 19.6. The zero-order chi connectivity index (χ0) is 20.7. The second-order valence-electron chi connectivity index (χ2n) is 7.55. The summed E-state index contributed by atoms with van der Waals surface area (Å²) < 4.78 is 19.9.